The van der Waals surface area contributed by atoms with E-state index in [1.165, 1.54) is 0 Å². The van der Waals surface area contributed by atoms with Crippen LogP contribution in [-0.4, -0.2) is 43.6 Å². The molecule has 1 aromatic rings. The molecule has 0 aromatic heterocycles. The number of nitriles is 1. The Morgan fingerprint density at radius 1 is 1.32 bits per heavy atom. The number of carbonyl (C=O) groups excluding carboxylic acids is 1. The van der Waals surface area contributed by atoms with Crippen molar-refractivity contribution in [3.63, 3.8) is 0 Å². The predicted molar refractivity (Wildman–Crippen MR) is 84.0 cm³/mol. The van der Waals surface area contributed by atoms with Gasteiger partial charge in [0.25, 0.3) is 5.91 Å². The number of anilines is 1. The molecule has 0 N–H and O–H groups in total. The van der Waals surface area contributed by atoms with E-state index in [9.17, 15) is 4.79 Å². The number of rotatable bonds is 3. The molecule has 0 spiro atoms. The van der Waals surface area contributed by atoms with Gasteiger partial charge in [-0.2, -0.15) is 5.26 Å². The van der Waals surface area contributed by atoms with Crippen LogP contribution in [0.25, 0.3) is 0 Å². The molecule has 1 radical (unpaired) electrons. The summed E-state index contributed by atoms with van der Waals surface area (Å²) in [6.45, 7) is 7.77. The second-order valence-electron chi connectivity index (χ2n) is 6.46. The van der Waals surface area contributed by atoms with Gasteiger partial charge in [-0.05, 0) is 44.0 Å². The number of nitrogens with zero attached hydrogens (tertiary/aromatic N) is 3. The summed E-state index contributed by atoms with van der Waals surface area (Å²) < 4.78 is 0.726. The largest absolute Gasteiger partial charge is 0.318 e. The smallest absolute Gasteiger partial charge is 0.285 e. The standard InChI is InChI=1S/C17H24N3O.Y/c1-6-20(4,5)15-7-8-19(17(15)21)16-12(2)9-14(11-18)10-13(16)3;/h9-10,15H,6-8H2,1-5H3;/q+1;. The molecule has 115 valence electrons. The normalized spacial score (nSPS) is 18.1. The Kier molecular flexibility index (Phi) is 6.32. The molecule has 0 saturated carbocycles. The maximum Gasteiger partial charge on any atom is 0.285 e. The van der Waals surface area contributed by atoms with E-state index in [0.717, 1.165) is 40.8 Å². The van der Waals surface area contributed by atoms with Gasteiger partial charge in [0.1, 0.15) is 0 Å². The van der Waals surface area contributed by atoms with Crippen molar-refractivity contribution in [2.24, 2.45) is 0 Å². The van der Waals surface area contributed by atoms with Gasteiger partial charge in [0.2, 0.25) is 0 Å². The van der Waals surface area contributed by atoms with Crippen molar-refractivity contribution < 1.29 is 42.0 Å². The monoisotopic (exact) mass is 375 g/mol. The Morgan fingerprint density at radius 2 is 1.86 bits per heavy atom. The molecule has 4 nitrogen and oxygen atoms in total. The summed E-state index contributed by atoms with van der Waals surface area (Å²) in [6, 6.07) is 5.93. The van der Waals surface area contributed by atoms with E-state index in [4.69, 9.17) is 5.26 Å². The number of hydrogen-bond donors (Lipinski definition) is 0. The van der Waals surface area contributed by atoms with Gasteiger partial charge < -0.3 is 9.38 Å². The molecule has 1 aliphatic heterocycles. The number of amides is 1. The fraction of sp³-hybridized carbons (Fsp3) is 0.529. The number of benzene rings is 1. The molecule has 2 rings (SSSR count). The van der Waals surface area contributed by atoms with Crippen LogP contribution in [0.3, 0.4) is 0 Å². The van der Waals surface area contributed by atoms with Crippen molar-refractivity contribution in [3.8, 4) is 6.07 Å². The van der Waals surface area contributed by atoms with Crippen molar-refractivity contribution >= 4 is 11.6 Å². The van der Waals surface area contributed by atoms with Crippen molar-refractivity contribution in [2.75, 3.05) is 32.1 Å². The molecule has 0 bridgehead atoms. The third-order valence-electron chi connectivity index (χ3n) is 4.73. The molecule has 1 atom stereocenters. The van der Waals surface area contributed by atoms with E-state index in [1.54, 1.807) is 0 Å². The Bertz CT molecular complexity index is 596. The van der Waals surface area contributed by atoms with E-state index in [0.29, 0.717) is 5.56 Å². The molecule has 1 fully saturated rings. The summed E-state index contributed by atoms with van der Waals surface area (Å²) in [4.78, 5) is 14.7. The topological polar surface area (TPSA) is 44.1 Å². The first-order chi connectivity index (χ1) is 9.81. The number of carbonyl (C=O) groups is 1. The Labute approximate surface area is 158 Å². The van der Waals surface area contributed by atoms with Crippen LogP contribution >= 0.6 is 0 Å². The van der Waals surface area contributed by atoms with Gasteiger partial charge >= 0.3 is 0 Å². The van der Waals surface area contributed by atoms with Crippen molar-refractivity contribution in [3.05, 3.63) is 28.8 Å². The van der Waals surface area contributed by atoms with Crippen LogP contribution in [0.5, 0.6) is 0 Å². The second kappa shape index (κ2) is 7.21. The first kappa shape index (κ1) is 19.3. The van der Waals surface area contributed by atoms with Gasteiger partial charge in [-0.1, -0.05) is 0 Å². The van der Waals surface area contributed by atoms with Crippen LogP contribution in [-0.2, 0) is 37.5 Å². The fourth-order valence-corrected chi connectivity index (χ4v) is 3.20. The predicted octanol–water partition coefficient (Wildman–Crippen LogP) is 2.37. The van der Waals surface area contributed by atoms with E-state index in [-0.39, 0.29) is 44.7 Å². The Hall–Kier alpha value is -0.756. The molecular weight excluding hydrogens is 351 g/mol. The number of quaternary nitrogens is 1. The third kappa shape index (κ3) is 3.43. The quantitative estimate of drug-likeness (QED) is 0.762. The van der Waals surface area contributed by atoms with Crippen LogP contribution in [0.1, 0.15) is 30.0 Å². The average molecular weight is 375 g/mol. The summed E-state index contributed by atoms with van der Waals surface area (Å²) in [5.41, 5.74) is 3.64. The second-order valence-corrected chi connectivity index (χ2v) is 6.46. The van der Waals surface area contributed by atoms with Gasteiger partial charge in [-0.25, -0.2) is 0 Å². The maximum absolute atomic E-state index is 12.8. The van der Waals surface area contributed by atoms with Crippen LogP contribution in [0.15, 0.2) is 12.1 Å². The van der Waals surface area contributed by atoms with Gasteiger partial charge in [-0.3, -0.25) is 4.79 Å². The molecule has 1 amide bonds. The summed E-state index contributed by atoms with van der Waals surface area (Å²) in [7, 11) is 4.23. The molecule has 1 unspecified atom stereocenters. The molecule has 0 aliphatic carbocycles. The summed E-state index contributed by atoms with van der Waals surface area (Å²) in [5.74, 6) is 0.206. The number of likely N-dealkylation sites (N-methyl/N-ethyl adjacent to an activating group) is 1. The van der Waals surface area contributed by atoms with Crippen LogP contribution < -0.4 is 4.90 Å². The van der Waals surface area contributed by atoms with Gasteiger partial charge in [-0.15, -0.1) is 0 Å². The zero-order chi connectivity index (χ0) is 15.8. The maximum atomic E-state index is 12.8. The molecular formula is C17H24N3OY+. The van der Waals surface area contributed by atoms with Crippen LogP contribution in [0.2, 0.25) is 0 Å². The first-order valence-corrected chi connectivity index (χ1v) is 7.47. The number of hydrogen-bond acceptors (Lipinski definition) is 2. The van der Waals surface area contributed by atoms with E-state index in [2.05, 4.69) is 27.1 Å². The van der Waals surface area contributed by atoms with Crippen molar-refractivity contribution in [1.82, 2.24) is 0 Å². The SMILES string of the molecule is CC[N+](C)(C)C1CCN(c2c(C)cc(C#N)cc2C)C1=O.[Y]. The van der Waals surface area contributed by atoms with Crippen LogP contribution in [0, 0.1) is 25.2 Å². The van der Waals surface area contributed by atoms with E-state index >= 15 is 0 Å². The van der Waals surface area contributed by atoms with Crippen molar-refractivity contribution in [2.45, 2.75) is 33.2 Å². The molecule has 5 heteroatoms. The molecule has 1 heterocycles. The summed E-state index contributed by atoms with van der Waals surface area (Å²) in [6.07, 6.45) is 0.887. The van der Waals surface area contributed by atoms with Gasteiger partial charge in [0, 0.05) is 51.4 Å². The van der Waals surface area contributed by atoms with Gasteiger partial charge in [0.05, 0.1) is 32.3 Å². The third-order valence-corrected chi connectivity index (χ3v) is 4.73. The molecule has 22 heavy (non-hydrogen) atoms. The first-order valence-electron chi connectivity index (χ1n) is 7.47. The molecule has 1 aromatic carbocycles. The van der Waals surface area contributed by atoms with Gasteiger partial charge in [0.15, 0.2) is 6.04 Å². The summed E-state index contributed by atoms with van der Waals surface area (Å²) in [5, 5.41) is 9.04. The number of aryl methyl sites for hydroxylation is 2. The average Bonchev–Trinajstić information content (AvgIpc) is 2.80. The fourth-order valence-electron chi connectivity index (χ4n) is 3.20. The van der Waals surface area contributed by atoms with Crippen LogP contribution in [0.4, 0.5) is 5.69 Å². The minimum absolute atomic E-state index is 0. The molecule has 1 saturated heterocycles. The zero-order valence-electron chi connectivity index (χ0n) is 14.2. The zero-order valence-corrected chi connectivity index (χ0v) is 17.0. The Balaban J connectivity index is 0.00000242. The Morgan fingerprint density at radius 3 is 2.32 bits per heavy atom. The van der Waals surface area contributed by atoms with E-state index < -0.39 is 0 Å². The minimum Gasteiger partial charge on any atom is -0.318 e. The molecule has 1 aliphatic rings. The van der Waals surface area contributed by atoms with E-state index in [1.807, 2.05) is 30.9 Å². The minimum atomic E-state index is 0. The van der Waals surface area contributed by atoms with Crippen molar-refractivity contribution in [1.29, 1.82) is 5.26 Å². The summed E-state index contributed by atoms with van der Waals surface area (Å²) >= 11 is 0.